The third-order valence-corrected chi connectivity index (χ3v) is 5.68. The molecule has 160 valence electrons. The number of nitrogens with zero attached hydrogens (tertiary/aromatic N) is 1. The molecule has 0 saturated heterocycles. The van der Waals surface area contributed by atoms with Crippen LogP contribution in [0.5, 0.6) is 17.2 Å². The number of fused-ring (bicyclic) bond motifs is 1. The van der Waals surface area contributed by atoms with Gasteiger partial charge in [0.15, 0.2) is 0 Å². The maximum Gasteiger partial charge on any atom is 0.130 e. The van der Waals surface area contributed by atoms with Gasteiger partial charge in [-0.15, -0.1) is 0 Å². The number of ether oxygens (including phenoxy) is 2. The van der Waals surface area contributed by atoms with Crippen LogP contribution in [0.25, 0.3) is 22.8 Å². The lowest BCUT2D eigenvalue weighted by atomic mass is 10.0. The van der Waals surface area contributed by atoms with Gasteiger partial charge in [-0.1, -0.05) is 35.9 Å². The van der Waals surface area contributed by atoms with Gasteiger partial charge in [0.2, 0.25) is 0 Å². The molecule has 6 heteroatoms. The van der Waals surface area contributed by atoms with Crippen molar-refractivity contribution in [2.75, 3.05) is 13.2 Å². The Labute approximate surface area is 190 Å². The highest BCUT2D eigenvalue weighted by Crippen LogP contribution is 2.34. The van der Waals surface area contributed by atoms with Crippen molar-refractivity contribution < 1.29 is 14.6 Å². The van der Waals surface area contributed by atoms with Crippen molar-refractivity contribution in [2.24, 2.45) is 0 Å². The molecule has 1 aliphatic rings. The Morgan fingerprint density at radius 3 is 2.59 bits per heavy atom. The number of H-pyrrole nitrogens is 1. The molecular formula is C26H21ClN2O3. The molecule has 0 atom stereocenters. The molecular weight excluding hydrogens is 424 g/mol. The number of benzene rings is 3. The standard InChI is InChI=1S/C26H21ClN2O3/c27-21-6-1-18(2-7-21)24-15-28-29-25(24)11-12-31-23-10-5-19-13-20(16-32-26(19)14-23)17-3-8-22(30)9-4-17/h1-10,13-15,30H,11-12,16H2,(H,28,29). The number of hydrogen-bond donors (Lipinski definition) is 2. The predicted molar refractivity (Wildman–Crippen MR) is 126 cm³/mol. The number of halogens is 1. The number of nitrogens with one attached hydrogen (secondary N) is 1. The van der Waals surface area contributed by atoms with Gasteiger partial charge in [0.05, 0.1) is 12.8 Å². The first-order chi connectivity index (χ1) is 15.7. The molecule has 4 aromatic rings. The van der Waals surface area contributed by atoms with E-state index in [0.29, 0.717) is 24.7 Å². The third-order valence-electron chi connectivity index (χ3n) is 5.43. The summed E-state index contributed by atoms with van der Waals surface area (Å²) < 4.78 is 11.9. The van der Waals surface area contributed by atoms with Crippen LogP contribution in [-0.2, 0) is 6.42 Å². The number of phenols is 1. The summed E-state index contributed by atoms with van der Waals surface area (Å²) in [6.07, 6.45) is 4.63. The van der Waals surface area contributed by atoms with Crippen LogP contribution in [0.4, 0.5) is 0 Å². The lowest BCUT2D eigenvalue weighted by Gasteiger charge is -2.19. The Balaban J connectivity index is 1.24. The van der Waals surface area contributed by atoms with E-state index in [1.54, 1.807) is 12.1 Å². The smallest absolute Gasteiger partial charge is 0.130 e. The summed E-state index contributed by atoms with van der Waals surface area (Å²) in [4.78, 5) is 0. The fourth-order valence-corrected chi connectivity index (χ4v) is 3.85. The van der Waals surface area contributed by atoms with E-state index in [4.69, 9.17) is 21.1 Å². The molecule has 3 aromatic carbocycles. The summed E-state index contributed by atoms with van der Waals surface area (Å²) >= 11 is 5.99. The zero-order chi connectivity index (χ0) is 21.9. The maximum atomic E-state index is 9.48. The lowest BCUT2D eigenvalue weighted by molar-refractivity contribution is 0.315. The normalized spacial score (nSPS) is 12.6. The first-order valence-corrected chi connectivity index (χ1v) is 10.7. The van der Waals surface area contributed by atoms with E-state index in [2.05, 4.69) is 16.3 Å². The van der Waals surface area contributed by atoms with Crippen molar-refractivity contribution in [2.45, 2.75) is 6.42 Å². The number of aromatic hydroxyl groups is 1. The number of aromatic nitrogens is 2. The maximum absolute atomic E-state index is 9.48. The fraction of sp³-hybridized carbons (Fsp3) is 0.115. The Hall–Kier alpha value is -3.70. The molecule has 1 aromatic heterocycles. The van der Waals surface area contributed by atoms with Crippen molar-refractivity contribution in [1.82, 2.24) is 10.2 Å². The van der Waals surface area contributed by atoms with Crippen LogP contribution in [0, 0.1) is 0 Å². The van der Waals surface area contributed by atoms with Crippen LogP contribution >= 0.6 is 11.6 Å². The molecule has 0 unspecified atom stereocenters. The van der Waals surface area contributed by atoms with Gasteiger partial charge >= 0.3 is 0 Å². The summed E-state index contributed by atoms with van der Waals surface area (Å²) in [7, 11) is 0. The summed E-state index contributed by atoms with van der Waals surface area (Å²) in [5, 5.41) is 17.4. The van der Waals surface area contributed by atoms with Crippen LogP contribution in [0.15, 0.2) is 72.9 Å². The molecule has 0 aliphatic carbocycles. The van der Waals surface area contributed by atoms with Gasteiger partial charge in [0.25, 0.3) is 0 Å². The van der Waals surface area contributed by atoms with E-state index in [1.165, 1.54) is 0 Å². The Morgan fingerprint density at radius 2 is 1.78 bits per heavy atom. The van der Waals surface area contributed by atoms with E-state index < -0.39 is 0 Å². The largest absolute Gasteiger partial charge is 0.508 e. The molecule has 0 bridgehead atoms. The highest BCUT2D eigenvalue weighted by atomic mass is 35.5. The van der Waals surface area contributed by atoms with Crippen LogP contribution in [0.2, 0.25) is 5.02 Å². The molecule has 0 amide bonds. The first-order valence-electron chi connectivity index (χ1n) is 10.3. The summed E-state index contributed by atoms with van der Waals surface area (Å²) in [6, 6.07) is 20.7. The zero-order valence-corrected chi connectivity index (χ0v) is 18.0. The van der Waals surface area contributed by atoms with E-state index in [9.17, 15) is 5.11 Å². The molecule has 0 radical (unpaired) electrons. The molecule has 5 nitrogen and oxygen atoms in total. The van der Waals surface area contributed by atoms with Gasteiger partial charge in [0, 0.05) is 34.3 Å². The van der Waals surface area contributed by atoms with E-state index in [0.717, 1.165) is 45.0 Å². The Bertz CT molecular complexity index is 1260. The number of aromatic amines is 1. The highest BCUT2D eigenvalue weighted by Gasteiger charge is 2.14. The number of hydrogen-bond acceptors (Lipinski definition) is 4. The molecule has 0 saturated carbocycles. The van der Waals surface area contributed by atoms with E-state index in [-0.39, 0.29) is 5.75 Å². The molecule has 2 heterocycles. The second-order valence-electron chi connectivity index (χ2n) is 7.57. The lowest BCUT2D eigenvalue weighted by Crippen LogP contribution is -2.07. The van der Waals surface area contributed by atoms with Crippen molar-refractivity contribution >= 4 is 23.3 Å². The highest BCUT2D eigenvalue weighted by molar-refractivity contribution is 6.30. The van der Waals surface area contributed by atoms with Crippen LogP contribution < -0.4 is 9.47 Å². The molecule has 1 aliphatic heterocycles. The minimum atomic E-state index is 0.253. The minimum Gasteiger partial charge on any atom is -0.508 e. The van der Waals surface area contributed by atoms with Gasteiger partial charge < -0.3 is 14.6 Å². The summed E-state index contributed by atoms with van der Waals surface area (Å²) in [5.41, 5.74) is 6.24. The number of phenolic OH excluding ortho intramolecular Hbond substituents is 1. The SMILES string of the molecule is Oc1ccc(C2=Cc3ccc(OCCc4[nH]ncc4-c4ccc(Cl)cc4)cc3OC2)cc1. The van der Waals surface area contributed by atoms with Gasteiger partial charge in [0.1, 0.15) is 23.9 Å². The Morgan fingerprint density at radius 1 is 1.00 bits per heavy atom. The van der Waals surface area contributed by atoms with Crippen molar-refractivity contribution in [3.8, 4) is 28.4 Å². The van der Waals surface area contributed by atoms with E-state index >= 15 is 0 Å². The topological polar surface area (TPSA) is 67.4 Å². The average molecular weight is 445 g/mol. The molecule has 5 rings (SSSR count). The minimum absolute atomic E-state index is 0.253. The first kappa shape index (κ1) is 20.2. The zero-order valence-electron chi connectivity index (χ0n) is 17.2. The van der Waals surface area contributed by atoms with Gasteiger partial charge in [-0.25, -0.2) is 0 Å². The van der Waals surface area contributed by atoms with Crippen molar-refractivity contribution in [3.63, 3.8) is 0 Å². The third kappa shape index (κ3) is 4.34. The monoisotopic (exact) mass is 444 g/mol. The predicted octanol–water partition coefficient (Wildman–Crippen LogP) is 5.99. The van der Waals surface area contributed by atoms with Gasteiger partial charge in [-0.3, -0.25) is 5.10 Å². The quantitative estimate of drug-likeness (QED) is 0.383. The summed E-state index contributed by atoms with van der Waals surface area (Å²) in [5.74, 6) is 1.81. The second-order valence-corrected chi connectivity index (χ2v) is 8.01. The molecule has 2 N–H and O–H groups in total. The summed E-state index contributed by atoms with van der Waals surface area (Å²) in [6.45, 7) is 0.982. The van der Waals surface area contributed by atoms with Crippen LogP contribution in [-0.4, -0.2) is 28.5 Å². The molecule has 0 fully saturated rings. The van der Waals surface area contributed by atoms with Crippen molar-refractivity contribution in [1.29, 1.82) is 0 Å². The van der Waals surface area contributed by atoms with Crippen LogP contribution in [0.3, 0.4) is 0 Å². The number of rotatable bonds is 6. The molecule has 32 heavy (non-hydrogen) atoms. The average Bonchev–Trinajstić information content (AvgIpc) is 3.28. The second kappa shape index (κ2) is 8.81. The van der Waals surface area contributed by atoms with Gasteiger partial charge in [-0.05, 0) is 59.2 Å². The van der Waals surface area contributed by atoms with Crippen LogP contribution in [0.1, 0.15) is 16.8 Å². The van der Waals surface area contributed by atoms with Gasteiger partial charge in [-0.2, -0.15) is 5.10 Å². The van der Waals surface area contributed by atoms with E-state index in [1.807, 2.05) is 60.8 Å². The fourth-order valence-electron chi connectivity index (χ4n) is 3.73. The Kier molecular flexibility index (Phi) is 5.57. The van der Waals surface area contributed by atoms with Crippen molar-refractivity contribution in [3.05, 3.63) is 94.8 Å². The molecule has 0 spiro atoms.